The third-order valence-electron chi connectivity index (χ3n) is 5.20. The van der Waals surface area contributed by atoms with Gasteiger partial charge in [-0.3, -0.25) is 13.9 Å². The lowest BCUT2D eigenvalue weighted by molar-refractivity contribution is -0.141. The van der Waals surface area contributed by atoms with Crippen LogP contribution in [-0.4, -0.2) is 49.5 Å². The number of sulfonamides is 1. The Hall–Kier alpha value is -2.58. The van der Waals surface area contributed by atoms with E-state index < -0.39 is 34.1 Å². The maximum absolute atomic E-state index is 13.7. The first-order valence-corrected chi connectivity index (χ1v) is 13.3. The SMILES string of the molecule is CC[C@H](C(=O)NC(C)(C)C)N(Cc1ccccc1)C(=O)CN(c1cc(Cl)ccc1C)S(C)(=O)=O. The van der Waals surface area contributed by atoms with Crippen molar-refractivity contribution in [1.29, 1.82) is 0 Å². The van der Waals surface area contributed by atoms with Crippen LogP contribution in [-0.2, 0) is 26.2 Å². The molecule has 0 bridgehead atoms. The topological polar surface area (TPSA) is 86.8 Å². The zero-order valence-corrected chi connectivity index (χ0v) is 22.2. The summed E-state index contributed by atoms with van der Waals surface area (Å²) in [5.41, 5.74) is 1.34. The number of carbonyl (C=O) groups is 2. The third-order valence-corrected chi connectivity index (χ3v) is 6.56. The summed E-state index contributed by atoms with van der Waals surface area (Å²) in [7, 11) is -3.81. The maximum atomic E-state index is 13.7. The molecule has 0 unspecified atom stereocenters. The van der Waals surface area contributed by atoms with Crippen LogP contribution in [0.5, 0.6) is 0 Å². The molecule has 0 aromatic heterocycles. The van der Waals surface area contributed by atoms with Crippen LogP contribution in [0.1, 0.15) is 45.2 Å². The maximum Gasteiger partial charge on any atom is 0.244 e. The molecule has 1 atom stereocenters. The zero-order chi connectivity index (χ0) is 25.7. The molecule has 2 aromatic carbocycles. The number of benzene rings is 2. The van der Waals surface area contributed by atoms with Crippen LogP contribution in [0.15, 0.2) is 48.5 Å². The van der Waals surface area contributed by atoms with E-state index in [1.54, 1.807) is 19.1 Å². The number of rotatable bonds is 9. The van der Waals surface area contributed by atoms with Gasteiger partial charge in [0, 0.05) is 17.1 Å². The van der Waals surface area contributed by atoms with E-state index in [9.17, 15) is 18.0 Å². The molecule has 2 aromatic rings. The molecular weight excluding hydrogens is 474 g/mol. The van der Waals surface area contributed by atoms with Crippen LogP contribution < -0.4 is 9.62 Å². The highest BCUT2D eigenvalue weighted by atomic mass is 35.5. The van der Waals surface area contributed by atoms with Crippen molar-refractivity contribution in [3.05, 3.63) is 64.7 Å². The van der Waals surface area contributed by atoms with E-state index in [0.717, 1.165) is 16.1 Å². The molecular formula is C25H34ClN3O4S. The normalized spacial score (nSPS) is 12.7. The Morgan fingerprint density at radius 1 is 1.09 bits per heavy atom. The molecule has 0 heterocycles. The summed E-state index contributed by atoms with van der Waals surface area (Å²) in [6, 6.07) is 13.4. The zero-order valence-electron chi connectivity index (χ0n) is 20.6. The fraction of sp³-hybridized carbons (Fsp3) is 0.440. The van der Waals surface area contributed by atoms with E-state index in [4.69, 9.17) is 11.6 Å². The molecule has 0 aliphatic rings. The number of carbonyl (C=O) groups excluding carboxylic acids is 2. The average Bonchev–Trinajstić information content (AvgIpc) is 2.72. The van der Waals surface area contributed by atoms with Gasteiger partial charge in [-0.1, -0.05) is 54.9 Å². The van der Waals surface area contributed by atoms with Crippen LogP contribution in [0.4, 0.5) is 5.69 Å². The highest BCUT2D eigenvalue weighted by Gasteiger charge is 2.33. The number of halogens is 1. The first-order valence-electron chi connectivity index (χ1n) is 11.1. The molecule has 0 saturated carbocycles. The van der Waals surface area contributed by atoms with Crippen molar-refractivity contribution in [2.45, 2.75) is 59.2 Å². The second-order valence-corrected chi connectivity index (χ2v) is 11.7. The minimum absolute atomic E-state index is 0.169. The van der Waals surface area contributed by atoms with E-state index in [-0.39, 0.29) is 12.5 Å². The lowest BCUT2D eigenvalue weighted by Gasteiger charge is -2.34. The molecule has 2 rings (SSSR count). The van der Waals surface area contributed by atoms with Gasteiger partial charge in [-0.2, -0.15) is 0 Å². The predicted octanol–water partition coefficient (Wildman–Crippen LogP) is 4.14. The van der Waals surface area contributed by atoms with Gasteiger partial charge in [0.15, 0.2) is 0 Å². The molecule has 0 aliphatic heterocycles. The number of hydrogen-bond donors (Lipinski definition) is 1. The number of anilines is 1. The Morgan fingerprint density at radius 3 is 2.24 bits per heavy atom. The van der Waals surface area contributed by atoms with Crippen LogP contribution in [0.2, 0.25) is 5.02 Å². The molecule has 0 radical (unpaired) electrons. The molecule has 186 valence electrons. The van der Waals surface area contributed by atoms with Gasteiger partial charge in [-0.15, -0.1) is 0 Å². The van der Waals surface area contributed by atoms with Crippen LogP contribution >= 0.6 is 11.6 Å². The van der Waals surface area contributed by atoms with Crippen LogP contribution in [0.3, 0.4) is 0 Å². The Kier molecular flexibility index (Phi) is 9.14. The van der Waals surface area contributed by atoms with E-state index in [1.165, 1.54) is 11.0 Å². The smallest absolute Gasteiger partial charge is 0.244 e. The molecule has 0 saturated heterocycles. The molecule has 0 aliphatic carbocycles. The first-order chi connectivity index (χ1) is 15.7. The van der Waals surface area contributed by atoms with Gasteiger partial charge in [0.1, 0.15) is 12.6 Å². The number of nitrogens with one attached hydrogen (secondary N) is 1. The second kappa shape index (κ2) is 11.2. The number of hydrogen-bond acceptors (Lipinski definition) is 4. The average molecular weight is 508 g/mol. The Labute approximate surface area is 208 Å². The molecule has 34 heavy (non-hydrogen) atoms. The fourth-order valence-corrected chi connectivity index (χ4v) is 4.66. The van der Waals surface area contributed by atoms with Crippen molar-refractivity contribution in [1.82, 2.24) is 10.2 Å². The lowest BCUT2D eigenvalue weighted by Crippen LogP contribution is -2.55. The van der Waals surface area contributed by atoms with Gasteiger partial charge >= 0.3 is 0 Å². The largest absolute Gasteiger partial charge is 0.350 e. The van der Waals surface area contributed by atoms with Crippen molar-refractivity contribution in [3.8, 4) is 0 Å². The third kappa shape index (κ3) is 7.74. The molecule has 0 spiro atoms. The van der Waals surface area contributed by atoms with Gasteiger partial charge < -0.3 is 10.2 Å². The minimum atomic E-state index is -3.81. The van der Waals surface area contributed by atoms with Crippen molar-refractivity contribution in [2.24, 2.45) is 0 Å². The summed E-state index contributed by atoms with van der Waals surface area (Å²) in [6.45, 7) is 8.90. The van der Waals surface area contributed by atoms with Gasteiger partial charge in [0.25, 0.3) is 0 Å². The number of nitrogens with zero attached hydrogens (tertiary/aromatic N) is 2. The summed E-state index contributed by atoms with van der Waals surface area (Å²) in [6.07, 6.45) is 1.42. The van der Waals surface area contributed by atoms with E-state index in [0.29, 0.717) is 22.7 Å². The summed E-state index contributed by atoms with van der Waals surface area (Å²) < 4.78 is 26.5. The quantitative estimate of drug-likeness (QED) is 0.552. The van der Waals surface area contributed by atoms with E-state index >= 15 is 0 Å². The Morgan fingerprint density at radius 2 is 1.71 bits per heavy atom. The van der Waals surface area contributed by atoms with Gasteiger partial charge in [-0.05, 0) is 57.4 Å². The van der Waals surface area contributed by atoms with Crippen LogP contribution in [0.25, 0.3) is 0 Å². The van der Waals surface area contributed by atoms with Crippen molar-refractivity contribution in [2.75, 3.05) is 17.1 Å². The second-order valence-electron chi connectivity index (χ2n) is 9.37. The van der Waals surface area contributed by atoms with Crippen molar-refractivity contribution < 1.29 is 18.0 Å². The molecule has 1 N–H and O–H groups in total. The predicted molar refractivity (Wildman–Crippen MR) is 137 cm³/mol. The van der Waals surface area contributed by atoms with E-state index in [2.05, 4.69) is 5.32 Å². The highest BCUT2D eigenvalue weighted by molar-refractivity contribution is 7.92. The monoisotopic (exact) mass is 507 g/mol. The number of aryl methyl sites for hydroxylation is 1. The summed E-state index contributed by atoms with van der Waals surface area (Å²) in [5.74, 6) is -0.770. The summed E-state index contributed by atoms with van der Waals surface area (Å²) in [5, 5.41) is 3.30. The van der Waals surface area contributed by atoms with Crippen molar-refractivity contribution in [3.63, 3.8) is 0 Å². The van der Waals surface area contributed by atoms with E-state index in [1.807, 2.05) is 58.0 Å². The summed E-state index contributed by atoms with van der Waals surface area (Å²) in [4.78, 5) is 28.2. The van der Waals surface area contributed by atoms with Gasteiger partial charge in [0.05, 0.1) is 11.9 Å². The Balaban J connectivity index is 2.48. The fourth-order valence-electron chi connectivity index (χ4n) is 3.60. The molecule has 9 heteroatoms. The first kappa shape index (κ1) is 27.7. The number of amides is 2. The van der Waals surface area contributed by atoms with Gasteiger partial charge in [0.2, 0.25) is 21.8 Å². The standard InChI is InChI=1S/C25H34ClN3O4S/c1-7-21(24(31)27-25(3,4)5)28(16-19-11-9-8-10-12-19)23(30)17-29(34(6,32)33)22-15-20(26)14-13-18(22)2/h8-15,21H,7,16-17H2,1-6H3,(H,27,31)/t21-/m1/s1. The highest BCUT2D eigenvalue weighted by Crippen LogP contribution is 2.27. The van der Waals surface area contributed by atoms with Crippen molar-refractivity contribution >= 4 is 39.1 Å². The summed E-state index contributed by atoms with van der Waals surface area (Å²) >= 11 is 6.12. The molecule has 2 amide bonds. The Bertz CT molecular complexity index is 1110. The van der Waals surface area contributed by atoms with Crippen LogP contribution in [0, 0.1) is 6.92 Å². The minimum Gasteiger partial charge on any atom is -0.350 e. The lowest BCUT2D eigenvalue weighted by atomic mass is 10.1. The molecule has 0 fully saturated rings. The molecule has 7 nitrogen and oxygen atoms in total. The van der Waals surface area contributed by atoms with Gasteiger partial charge in [-0.25, -0.2) is 8.42 Å².